The summed E-state index contributed by atoms with van der Waals surface area (Å²) in [5, 5.41) is 5.84. The number of carbonyl (C=O) groups is 1. The van der Waals surface area contributed by atoms with Crippen LogP contribution in [0.5, 0.6) is 0 Å². The first kappa shape index (κ1) is 35.2. The molecule has 0 saturated carbocycles. The third-order valence-corrected chi connectivity index (χ3v) is 7.65. The topological polar surface area (TPSA) is 202 Å². The van der Waals surface area contributed by atoms with Gasteiger partial charge in [0.25, 0.3) is 5.91 Å². The van der Waals surface area contributed by atoms with Crippen molar-refractivity contribution in [3.05, 3.63) is 64.5 Å². The summed E-state index contributed by atoms with van der Waals surface area (Å²) >= 11 is 3.32. The molecule has 0 aliphatic heterocycles. The lowest BCUT2D eigenvalue weighted by Gasteiger charge is -2.13. The normalized spacial score (nSPS) is 11.4. The minimum atomic E-state index is -3.77. The van der Waals surface area contributed by atoms with E-state index in [4.69, 9.17) is 30.4 Å². The number of nitrogens with one attached hydrogen (secondary N) is 3. The zero-order valence-corrected chi connectivity index (χ0v) is 26.2. The highest BCUT2D eigenvalue weighted by Gasteiger charge is 2.17. The molecule has 44 heavy (non-hydrogen) atoms. The van der Waals surface area contributed by atoms with Crippen molar-refractivity contribution in [1.29, 1.82) is 0 Å². The zero-order chi connectivity index (χ0) is 31.8. The van der Waals surface area contributed by atoms with Gasteiger partial charge in [-0.25, -0.2) is 22.5 Å². The Kier molecular flexibility index (Phi) is 14.8. The third kappa shape index (κ3) is 11.7. The van der Waals surface area contributed by atoms with Gasteiger partial charge in [-0.3, -0.25) is 4.79 Å². The minimum Gasteiger partial charge on any atom is -0.378 e. The Morgan fingerprint density at radius 3 is 2.11 bits per heavy atom. The maximum atomic E-state index is 14.1. The number of sulfonamides is 1. The van der Waals surface area contributed by atoms with Gasteiger partial charge in [0.2, 0.25) is 16.0 Å². The van der Waals surface area contributed by atoms with Crippen LogP contribution >= 0.6 is 15.9 Å². The minimum absolute atomic E-state index is 0.0592. The van der Waals surface area contributed by atoms with Gasteiger partial charge in [-0.1, -0.05) is 6.07 Å². The largest absolute Gasteiger partial charge is 0.378 e. The van der Waals surface area contributed by atoms with E-state index in [1.165, 1.54) is 30.5 Å². The number of halogens is 2. The predicted molar refractivity (Wildman–Crippen MR) is 165 cm³/mol. The molecule has 0 bridgehead atoms. The molecule has 0 atom stereocenters. The van der Waals surface area contributed by atoms with E-state index >= 15 is 0 Å². The van der Waals surface area contributed by atoms with Gasteiger partial charge in [0.05, 0.1) is 73.5 Å². The van der Waals surface area contributed by atoms with E-state index in [1.807, 2.05) is 0 Å². The van der Waals surface area contributed by atoms with Gasteiger partial charge >= 0.3 is 0 Å². The highest BCUT2D eigenvalue weighted by Crippen LogP contribution is 2.28. The van der Waals surface area contributed by atoms with Crippen molar-refractivity contribution in [3.8, 4) is 0 Å². The molecule has 1 amide bonds. The Labute approximate surface area is 263 Å². The van der Waals surface area contributed by atoms with Crippen LogP contribution < -0.4 is 26.8 Å². The standard InChI is InChI=1S/C27H35BrFN7O7S/c28-21-18-32-27(36-26(21)35-23-3-1-2-22(29)24(23)25(31)37)34-19-4-6-20(7-5-19)44(38,39)33-9-11-41-13-15-43-17-16-42-14-12-40-10-8-30/h1-7,18,33H,8-17,30H2,(H2,31,37)(H2,32,34,35,36). The molecule has 17 heteroatoms. The lowest BCUT2D eigenvalue weighted by atomic mass is 10.1. The molecule has 0 aliphatic carbocycles. The van der Waals surface area contributed by atoms with E-state index in [2.05, 4.69) is 41.3 Å². The van der Waals surface area contributed by atoms with Crippen LogP contribution in [-0.4, -0.2) is 90.2 Å². The number of aromatic nitrogens is 2. The average Bonchev–Trinajstić information content (AvgIpc) is 2.99. The lowest BCUT2D eigenvalue weighted by Crippen LogP contribution is -2.27. The molecule has 0 radical (unpaired) electrons. The van der Waals surface area contributed by atoms with Crippen LogP contribution in [0.3, 0.4) is 0 Å². The number of hydrogen-bond acceptors (Lipinski definition) is 12. The van der Waals surface area contributed by atoms with Crippen LogP contribution in [0.1, 0.15) is 10.4 Å². The van der Waals surface area contributed by atoms with E-state index in [1.54, 1.807) is 12.1 Å². The highest BCUT2D eigenvalue weighted by atomic mass is 79.9. The van der Waals surface area contributed by atoms with Gasteiger partial charge in [0, 0.05) is 25.0 Å². The maximum Gasteiger partial charge on any atom is 0.253 e. The summed E-state index contributed by atoms with van der Waals surface area (Å²) in [5.41, 5.74) is 11.0. The molecule has 0 fully saturated rings. The Balaban J connectivity index is 1.41. The molecule has 1 heterocycles. The second-order valence-electron chi connectivity index (χ2n) is 8.83. The number of amides is 1. The molecule has 240 valence electrons. The Bertz CT molecular complexity index is 1450. The monoisotopic (exact) mass is 699 g/mol. The number of carbonyl (C=O) groups excluding carboxylic acids is 1. The smallest absolute Gasteiger partial charge is 0.253 e. The average molecular weight is 701 g/mol. The fourth-order valence-corrected chi connectivity index (χ4v) is 4.85. The van der Waals surface area contributed by atoms with Gasteiger partial charge < -0.3 is 41.0 Å². The summed E-state index contributed by atoms with van der Waals surface area (Å²) in [5.74, 6) is -1.31. The van der Waals surface area contributed by atoms with E-state index in [0.29, 0.717) is 63.0 Å². The summed E-state index contributed by atoms with van der Waals surface area (Å²) in [6, 6.07) is 9.99. The van der Waals surface area contributed by atoms with Crippen molar-refractivity contribution in [1.82, 2.24) is 14.7 Å². The summed E-state index contributed by atoms with van der Waals surface area (Å²) in [7, 11) is -3.77. The maximum absolute atomic E-state index is 14.1. The first-order valence-electron chi connectivity index (χ1n) is 13.5. The van der Waals surface area contributed by atoms with Crippen molar-refractivity contribution in [3.63, 3.8) is 0 Å². The number of nitrogens with two attached hydrogens (primary N) is 2. The van der Waals surface area contributed by atoms with Gasteiger partial charge in [-0.05, 0) is 52.3 Å². The van der Waals surface area contributed by atoms with E-state index < -0.39 is 21.7 Å². The fourth-order valence-electron chi connectivity index (χ4n) is 3.54. The quantitative estimate of drug-likeness (QED) is 0.102. The second kappa shape index (κ2) is 18.5. The molecule has 1 aromatic heterocycles. The number of primary amides is 1. The van der Waals surface area contributed by atoms with Crippen molar-refractivity contribution < 1.29 is 36.6 Å². The van der Waals surface area contributed by atoms with E-state index in [0.717, 1.165) is 6.07 Å². The number of ether oxygens (including phenoxy) is 4. The Morgan fingerprint density at radius 1 is 0.886 bits per heavy atom. The van der Waals surface area contributed by atoms with Crippen molar-refractivity contribution in [2.45, 2.75) is 4.90 Å². The first-order chi connectivity index (χ1) is 21.2. The molecular formula is C27H35BrFN7O7S. The Hall–Kier alpha value is -3.29. The van der Waals surface area contributed by atoms with Crippen LogP contribution in [-0.2, 0) is 29.0 Å². The van der Waals surface area contributed by atoms with Crippen LogP contribution in [0.4, 0.5) is 27.5 Å². The van der Waals surface area contributed by atoms with Gasteiger partial charge in [-0.2, -0.15) is 4.98 Å². The van der Waals surface area contributed by atoms with Gasteiger partial charge in [0.1, 0.15) is 11.6 Å². The number of hydrogen-bond donors (Lipinski definition) is 5. The molecule has 0 spiro atoms. The zero-order valence-electron chi connectivity index (χ0n) is 23.8. The summed E-state index contributed by atoms with van der Waals surface area (Å²) in [6.07, 6.45) is 1.45. The third-order valence-electron chi connectivity index (χ3n) is 5.59. The SMILES string of the molecule is NCCOCCOCCOCCOCCNS(=O)(=O)c1ccc(Nc2ncc(Br)c(Nc3cccc(F)c3C(N)=O)n2)cc1. The summed E-state index contributed by atoms with van der Waals surface area (Å²) < 4.78 is 63.7. The Morgan fingerprint density at radius 2 is 1.50 bits per heavy atom. The number of anilines is 4. The molecule has 3 aromatic rings. The summed E-state index contributed by atoms with van der Waals surface area (Å²) in [4.78, 5) is 20.3. The highest BCUT2D eigenvalue weighted by molar-refractivity contribution is 9.10. The van der Waals surface area contributed by atoms with Crippen LogP contribution in [0.25, 0.3) is 0 Å². The first-order valence-corrected chi connectivity index (χ1v) is 15.7. The molecule has 0 saturated heterocycles. The molecule has 0 unspecified atom stereocenters. The van der Waals surface area contributed by atoms with Crippen molar-refractivity contribution in [2.75, 3.05) is 76.6 Å². The molecule has 0 aliphatic rings. The van der Waals surface area contributed by atoms with Crippen molar-refractivity contribution >= 4 is 55.0 Å². The van der Waals surface area contributed by atoms with E-state index in [-0.39, 0.29) is 41.1 Å². The molecule has 7 N–H and O–H groups in total. The van der Waals surface area contributed by atoms with Crippen LogP contribution in [0.15, 0.2) is 58.0 Å². The fraction of sp³-hybridized carbons (Fsp3) is 0.370. The van der Waals surface area contributed by atoms with Crippen LogP contribution in [0, 0.1) is 5.82 Å². The van der Waals surface area contributed by atoms with Crippen LogP contribution in [0.2, 0.25) is 0 Å². The molecular weight excluding hydrogens is 665 g/mol. The molecule has 14 nitrogen and oxygen atoms in total. The van der Waals surface area contributed by atoms with Gasteiger partial charge in [-0.15, -0.1) is 0 Å². The predicted octanol–water partition coefficient (Wildman–Crippen LogP) is 2.27. The lowest BCUT2D eigenvalue weighted by molar-refractivity contribution is -0.000345. The number of nitrogens with zero attached hydrogens (tertiary/aromatic N) is 2. The van der Waals surface area contributed by atoms with Crippen molar-refractivity contribution in [2.24, 2.45) is 11.5 Å². The van der Waals surface area contributed by atoms with Gasteiger partial charge in [0.15, 0.2) is 0 Å². The number of benzene rings is 2. The number of rotatable bonds is 21. The molecule has 2 aromatic carbocycles. The summed E-state index contributed by atoms with van der Waals surface area (Å²) in [6.45, 7) is 3.71. The molecule has 3 rings (SSSR count). The second-order valence-corrected chi connectivity index (χ2v) is 11.4. The van der Waals surface area contributed by atoms with E-state index in [9.17, 15) is 17.6 Å².